The molecule has 1 heterocycles. The smallest absolute Gasteiger partial charge is 0.115 e. The van der Waals surface area contributed by atoms with Gasteiger partial charge in [-0.1, -0.05) is 42.5 Å². The molecule has 0 unspecified atom stereocenters. The largest absolute Gasteiger partial charge is 0.508 e. The Kier molecular flexibility index (Phi) is 2.99. The van der Waals surface area contributed by atoms with E-state index < -0.39 is 0 Å². The Morgan fingerprint density at radius 3 is 2.42 bits per heavy atom. The lowest BCUT2D eigenvalue weighted by Crippen LogP contribution is -1.80. The summed E-state index contributed by atoms with van der Waals surface area (Å²) < 4.78 is 0. The summed E-state index contributed by atoms with van der Waals surface area (Å²) in [6.45, 7) is 0. The van der Waals surface area contributed by atoms with Gasteiger partial charge in [-0.05, 0) is 35.4 Å². The van der Waals surface area contributed by atoms with Gasteiger partial charge in [0.2, 0.25) is 0 Å². The molecular weight excluding hydrogens is 234 g/mol. The van der Waals surface area contributed by atoms with Crippen LogP contribution in [-0.2, 0) is 0 Å². The molecule has 0 fully saturated rings. The number of para-hydroxylation sites is 1. The van der Waals surface area contributed by atoms with Crippen molar-refractivity contribution < 1.29 is 5.11 Å². The van der Waals surface area contributed by atoms with E-state index in [-0.39, 0.29) is 5.75 Å². The maximum absolute atomic E-state index is 9.23. The van der Waals surface area contributed by atoms with Crippen molar-refractivity contribution in [3.8, 4) is 5.75 Å². The Hall–Kier alpha value is -2.61. The third-order valence-electron chi connectivity index (χ3n) is 2.97. The molecule has 19 heavy (non-hydrogen) atoms. The van der Waals surface area contributed by atoms with Gasteiger partial charge in [-0.15, -0.1) is 0 Å². The average Bonchev–Trinajstić information content (AvgIpc) is 2.46. The van der Waals surface area contributed by atoms with E-state index in [0.29, 0.717) is 0 Å². The molecule has 0 saturated carbocycles. The van der Waals surface area contributed by atoms with Crippen LogP contribution in [0.3, 0.4) is 0 Å². The standard InChI is InChI=1S/C17H13NO/c19-16-9-7-13(8-10-16)5-6-14-11-15-3-1-2-4-17(15)18-12-14/h1-12,19H/b6-5+. The van der Waals surface area contributed by atoms with Gasteiger partial charge in [0.15, 0.2) is 0 Å². The number of aromatic nitrogens is 1. The van der Waals surface area contributed by atoms with Crippen LogP contribution in [0.4, 0.5) is 0 Å². The summed E-state index contributed by atoms with van der Waals surface area (Å²) >= 11 is 0. The van der Waals surface area contributed by atoms with Gasteiger partial charge in [-0.3, -0.25) is 4.98 Å². The van der Waals surface area contributed by atoms with E-state index in [1.807, 2.05) is 48.7 Å². The predicted molar refractivity (Wildman–Crippen MR) is 78.8 cm³/mol. The molecule has 0 aliphatic rings. The number of rotatable bonds is 2. The highest BCUT2D eigenvalue weighted by atomic mass is 16.3. The quantitative estimate of drug-likeness (QED) is 0.739. The van der Waals surface area contributed by atoms with Crippen molar-refractivity contribution in [2.75, 3.05) is 0 Å². The second-order valence-electron chi connectivity index (χ2n) is 4.39. The molecule has 0 aliphatic carbocycles. The fourth-order valence-corrected chi connectivity index (χ4v) is 1.96. The third-order valence-corrected chi connectivity index (χ3v) is 2.97. The molecule has 2 heteroatoms. The number of pyridine rings is 1. The van der Waals surface area contributed by atoms with Gasteiger partial charge in [-0.25, -0.2) is 0 Å². The van der Waals surface area contributed by atoms with Gasteiger partial charge >= 0.3 is 0 Å². The molecule has 1 aromatic heterocycles. The summed E-state index contributed by atoms with van der Waals surface area (Å²) in [7, 11) is 0. The SMILES string of the molecule is Oc1ccc(/C=C/c2cnc3ccccc3c2)cc1. The molecule has 2 nitrogen and oxygen atoms in total. The zero-order chi connectivity index (χ0) is 13.1. The highest BCUT2D eigenvalue weighted by molar-refractivity contribution is 5.82. The van der Waals surface area contributed by atoms with E-state index >= 15 is 0 Å². The number of fused-ring (bicyclic) bond motifs is 1. The molecule has 2 aromatic carbocycles. The van der Waals surface area contributed by atoms with Gasteiger partial charge in [0.05, 0.1) is 5.52 Å². The molecule has 92 valence electrons. The van der Waals surface area contributed by atoms with Crippen molar-refractivity contribution >= 4 is 23.1 Å². The average molecular weight is 247 g/mol. The van der Waals surface area contributed by atoms with Crippen molar-refractivity contribution in [2.24, 2.45) is 0 Å². The topological polar surface area (TPSA) is 33.1 Å². The minimum absolute atomic E-state index is 0.282. The molecule has 0 saturated heterocycles. The minimum atomic E-state index is 0.282. The summed E-state index contributed by atoms with van der Waals surface area (Å²) in [6.07, 6.45) is 5.89. The third kappa shape index (κ3) is 2.63. The van der Waals surface area contributed by atoms with Gasteiger partial charge in [0, 0.05) is 11.6 Å². The Balaban J connectivity index is 1.90. The van der Waals surface area contributed by atoms with Crippen molar-refractivity contribution in [3.63, 3.8) is 0 Å². The van der Waals surface area contributed by atoms with Gasteiger partial charge in [-0.2, -0.15) is 0 Å². The van der Waals surface area contributed by atoms with E-state index in [1.165, 1.54) is 0 Å². The molecule has 1 N–H and O–H groups in total. The summed E-state index contributed by atoms with van der Waals surface area (Å²) in [5.74, 6) is 0.282. The Morgan fingerprint density at radius 1 is 0.842 bits per heavy atom. The van der Waals surface area contributed by atoms with E-state index in [1.54, 1.807) is 12.1 Å². The monoisotopic (exact) mass is 247 g/mol. The van der Waals surface area contributed by atoms with Crippen molar-refractivity contribution in [3.05, 3.63) is 71.9 Å². The van der Waals surface area contributed by atoms with Crippen LogP contribution in [0.15, 0.2) is 60.8 Å². The molecule has 3 rings (SSSR count). The summed E-state index contributed by atoms with van der Waals surface area (Å²) in [5.41, 5.74) is 3.11. The van der Waals surface area contributed by atoms with Crippen molar-refractivity contribution in [1.29, 1.82) is 0 Å². The van der Waals surface area contributed by atoms with Crippen LogP contribution >= 0.6 is 0 Å². The predicted octanol–water partition coefficient (Wildman–Crippen LogP) is 4.11. The van der Waals surface area contributed by atoms with E-state index in [2.05, 4.69) is 17.1 Å². The highest BCUT2D eigenvalue weighted by Crippen LogP contribution is 2.16. The van der Waals surface area contributed by atoms with E-state index in [4.69, 9.17) is 0 Å². The van der Waals surface area contributed by atoms with Crippen LogP contribution in [0.5, 0.6) is 5.75 Å². The zero-order valence-electron chi connectivity index (χ0n) is 10.3. The molecular formula is C17H13NO. The van der Waals surface area contributed by atoms with Crippen LogP contribution in [0.1, 0.15) is 11.1 Å². The molecule has 0 bridgehead atoms. The van der Waals surface area contributed by atoms with Crippen molar-refractivity contribution in [2.45, 2.75) is 0 Å². The molecule has 0 aliphatic heterocycles. The first-order chi connectivity index (χ1) is 9.31. The number of phenols is 1. The van der Waals surface area contributed by atoms with Gasteiger partial charge in [0.25, 0.3) is 0 Å². The number of benzene rings is 2. The Labute approximate surface area is 111 Å². The lowest BCUT2D eigenvalue weighted by atomic mass is 10.1. The summed E-state index contributed by atoms with van der Waals surface area (Å²) in [6, 6.07) is 17.3. The van der Waals surface area contributed by atoms with Crippen LogP contribution in [0.25, 0.3) is 23.1 Å². The first-order valence-corrected chi connectivity index (χ1v) is 6.13. The Bertz CT molecular complexity index is 730. The minimum Gasteiger partial charge on any atom is -0.508 e. The Morgan fingerprint density at radius 2 is 1.58 bits per heavy atom. The van der Waals surface area contributed by atoms with Gasteiger partial charge in [0.1, 0.15) is 5.75 Å². The molecule has 0 amide bonds. The summed E-state index contributed by atoms with van der Waals surface area (Å²) in [5, 5.41) is 10.4. The molecule has 0 spiro atoms. The second-order valence-corrected chi connectivity index (χ2v) is 4.39. The number of nitrogens with zero attached hydrogens (tertiary/aromatic N) is 1. The molecule has 0 atom stereocenters. The number of phenolic OH excluding ortho intramolecular Hbond substituents is 1. The van der Waals surface area contributed by atoms with Gasteiger partial charge < -0.3 is 5.11 Å². The normalized spacial score (nSPS) is 11.2. The lowest BCUT2D eigenvalue weighted by Gasteiger charge is -1.98. The van der Waals surface area contributed by atoms with E-state index in [9.17, 15) is 5.11 Å². The van der Waals surface area contributed by atoms with Crippen LogP contribution in [-0.4, -0.2) is 10.1 Å². The lowest BCUT2D eigenvalue weighted by molar-refractivity contribution is 0.475. The number of hydrogen-bond acceptors (Lipinski definition) is 2. The number of aromatic hydroxyl groups is 1. The maximum atomic E-state index is 9.23. The molecule has 0 radical (unpaired) electrons. The van der Waals surface area contributed by atoms with Crippen LogP contribution in [0.2, 0.25) is 0 Å². The second kappa shape index (κ2) is 4.94. The fourth-order valence-electron chi connectivity index (χ4n) is 1.96. The maximum Gasteiger partial charge on any atom is 0.115 e. The van der Waals surface area contributed by atoms with E-state index in [0.717, 1.165) is 22.0 Å². The number of hydrogen-bond donors (Lipinski definition) is 1. The van der Waals surface area contributed by atoms with Crippen LogP contribution < -0.4 is 0 Å². The zero-order valence-corrected chi connectivity index (χ0v) is 10.3. The fraction of sp³-hybridized carbons (Fsp3) is 0. The molecule has 3 aromatic rings. The van der Waals surface area contributed by atoms with Crippen LogP contribution in [0, 0.1) is 0 Å². The summed E-state index contributed by atoms with van der Waals surface area (Å²) in [4.78, 5) is 4.42. The first kappa shape index (κ1) is 11.5. The van der Waals surface area contributed by atoms with Crippen molar-refractivity contribution in [1.82, 2.24) is 4.98 Å². The highest BCUT2D eigenvalue weighted by Gasteiger charge is 1.94. The first-order valence-electron chi connectivity index (χ1n) is 6.13.